The first-order valence-electron chi connectivity index (χ1n) is 8.45. The van der Waals surface area contributed by atoms with Gasteiger partial charge in [-0.3, -0.25) is 9.20 Å². The topological polar surface area (TPSA) is 67.2 Å². The third-order valence-corrected chi connectivity index (χ3v) is 5.00. The van der Waals surface area contributed by atoms with Crippen LogP contribution in [0, 0.1) is 6.92 Å². The van der Waals surface area contributed by atoms with Crippen LogP contribution in [-0.4, -0.2) is 63.0 Å². The maximum Gasteiger partial charge on any atom is 0.410 e. The Labute approximate surface area is 151 Å². The summed E-state index contributed by atoms with van der Waals surface area (Å²) in [5, 5.41) is 2.02. The molecule has 0 N–H and O–H groups in total. The molecule has 1 saturated heterocycles. The molecule has 1 aliphatic heterocycles. The number of ether oxygens (including phenoxy) is 1. The number of thiazole rings is 1. The molecule has 0 aliphatic carbocycles. The third-order valence-electron chi connectivity index (χ3n) is 4.04. The molecule has 25 heavy (non-hydrogen) atoms. The zero-order valence-corrected chi connectivity index (χ0v) is 15.9. The van der Waals surface area contributed by atoms with Gasteiger partial charge in [-0.2, -0.15) is 0 Å². The lowest BCUT2D eigenvalue weighted by molar-refractivity contribution is 0.0255. The molecule has 2 aromatic heterocycles. The van der Waals surface area contributed by atoms with Crippen molar-refractivity contribution >= 4 is 28.3 Å². The number of amides is 2. The number of carbonyl (C=O) groups is 2. The van der Waals surface area contributed by atoms with E-state index < -0.39 is 5.60 Å². The van der Waals surface area contributed by atoms with E-state index in [0.29, 0.717) is 31.9 Å². The SMILES string of the molecule is Cc1csc2nc(C(=O)N3CCCN(C(=O)OC(C)(C)C)CC3)cn12. The fraction of sp³-hybridized carbons (Fsp3) is 0.588. The molecule has 0 aromatic carbocycles. The molecule has 8 heteroatoms. The van der Waals surface area contributed by atoms with Crippen molar-refractivity contribution in [2.45, 2.75) is 39.7 Å². The normalized spacial score (nSPS) is 16.2. The number of hydrogen-bond acceptors (Lipinski definition) is 5. The Morgan fingerprint density at radius 2 is 1.84 bits per heavy atom. The highest BCUT2D eigenvalue weighted by Crippen LogP contribution is 2.18. The molecule has 0 unspecified atom stereocenters. The van der Waals surface area contributed by atoms with Crippen molar-refractivity contribution in [2.24, 2.45) is 0 Å². The number of nitrogens with zero attached hydrogens (tertiary/aromatic N) is 4. The Hall–Kier alpha value is -2.09. The van der Waals surface area contributed by atoms with E-state index in [4.69, 9.17) is 4.74 Å². The molecular weight excluding hydrogens is 340 g/mol. The van der Waals surface area contributed by atoms with Crippen molar-refractivity contribution in [2.75, 3.05) is 26.2 Å². The minimum Gasteiger partial charge on any atom is -0.444 e. The molecular formula is C17H24N4O3S. The van der Waals surface area contributed by atoms with Gasteiger partial charge in [-0.15, -0.1) is 11.3 Å². The van der Waals surface area contributed by atoms with Gasteiger partial charge >= 0.3 is 6.09 Å². The predicted molar refractivity (Wildman–Crippen MR) is 96.1 cm³/mol. The highest BCUT2D eigenvalue weighted by atomic mass is 32.1. The van der Waals surface area contributed by atoms with Gasteiger partial charge in [0.2, 0.25) is 0 Å². The number of carbonyl (C=O) groups excluding carboxylic acids is 2. The Morgan fingerprint density at radius 1 is 1.16 bits per heavy atom. The summed E-state index contributed by atoms with van der Waals surface area (Å²) in [6.07, 6.45) is 2.20. The molecule has 1 fully saturated rings. The molecule has 3 rings (SSSR count). The Morgan fingerprint density at radius 3 is 2.52 bits per heavy atom. The molecule has 136 valence electrons. The number of aromatic nitrogens is 2. The summed E-state index contributed by atoms with van der Waals surface area (Å²) in [6, 6.07) is 0. The zero-order chi connectivity index (χ0) is 18.2. The van der Waals surface area contributed by atoms with Gasteiger partial charge in [-0.25, -0.2) is 9.78 Å². The van der Waals surface area contributed by atoms with Gasteiger partial charge in [-0.1, -0.05) is 0 Å². The first-order valence-corrected chi connectivity index (χ1v) is 9.33. The largest absolute Gasteiger partial charge is 0.444 e. The van der Waals surface area contributed by atoms with Crippen molar-refractivity contribution in [1.29, 1.82) is 0 Å². The number of fused-ring (bicyclic) bond motifs is 1. The van der Waals surface area contributed by atoms with Gasteiger partial charge < -0.3 is 14.5 Å². The smallest absolute Gasteiger partial charge is 0.410 e. The van der Waals surface area contributed by atoms with Crippen molar-refractivity contribution < 1.29 is 14.3 Å². The molecule has 0 bridgehead atoms. The highest BCUT2D eigenvalue weighted by Gasteiger charge is 2.27. The van der Waals surface area contributed by atoms with Crippen LogP contribution in [0.1, 0.15) is 43.4 Å². The Kier molecular flexibility index (Phi) is 4.73. The van der Waals surface area contributed by atoms with Crippen LogP contribution in [0.5, 0.6) is 0 Å². The summed E-state index contributed by atoms with van der Waals surface area (Å²) in [4.78, 5) is 33.7. The lowest BCUT2D eigenvalue weighted by Gasteiger charge is -2.26. The van der Waals surface area contributed by atoms with Crippen molar-refractivity contribution in [1.82, 2.24) is 19.2 Å². The van der Waals surface area contributed by atoms with Gasteiger partial charge in [0.15, 0.2) is 4.96 Å². The van der Waals surface area contributed by atoms with Gasteiger partial charge in [0.25, 0.3) is 5.91 Å². The predicted octanol–water partition coefficient (Wildman–Crippen LogP) is 2.79. The first-order chi connectivity index (χ1) is 11.7. The van der Waals surface area contributed by atoms with E-state index in [1.54, 1.807) is 16.0 Å². The van der Waals surface area contributed by atoms with Crippen LogP contribution in [0.25, 0.3) is 4.96 Å². The van der Waals surface area contributed by atoms with E-state index in [1.807, 2.05) is 37.5 Å². The molecule has 7 nitrogen and oxygen atoms in total. The van der Waals surface area contributed by atoms with Gasteiger partial charge in [0.1, 0.15) is 11.3 Å². The van der Waals surface area contributed by atoms with E-state index in [0.717, 1.165) is 17.1 Å². The van der Waals surface area contributed by atoms with E-state index in [2.05, 4.69) is 4.98 Å². The molecule has 2 amide bonds. The second-order valence-corrected chi connectivity index (χ2v) is 8.11. The average Bonchev–Trinajstić information content (AvgIpc) is 2.98. The van der Waals surface area contributed by atoms with E-state index >= 15 is 0 Å². The summed E-state index contributed by atoms with van der Waals surface area (Å²) in [7, 11) is 0. The van der Waals surface area contributed by atoms with Crippen LogP contribution in [0.15, 0.2) is 11.6 Å². The maximum absolute atomic E-state index is 12.8. The van der Waals surface area contributed by atoms with Crippen molar-refractivity contribution in [3.63, 3.8) is 0 Å². The van der Waals surface area contributed by atoms with Gasteiger partial charge in [0.05, 0.1) is 0 Å². The minimum absolute atomic E-state index is 0.0821. The molecule has 3 heterocycles. The fourth-order valence-electron chi connectivity index (χ4n) is 2.79. The average molecular weight is 364 g/mol. The van der Waals surface area contributed by atoms with Crippen LogP contribution < -0.4 is 0 Å². The highest BCUT2D eigenvalue weighted by molar-refractivity contribution is 7.15. The monoisotopic (exact) mass is 364 g/mol. The van der Waals surface area contributed by atoms with Gasteiger partial charge in [-0.05, 0) is 34.1 Å². The summed E-state index contributed by atoms with van der Waals surface area (Å²) < 4.78 is 7.36. The van der Waals surface area contributed by atoms with E-state index in [-0.39, 0.29) is 12.0 Å². The van der Waals surface area contributed by atoms with Gasteiger partial charge in [0, 0.05) is 43.4 Å². The molecule has 1 aliphatic rings. The van der Waals surface area contributed by atoms with Crippen LogP contribution in [0.2, 0.25) is 0 Å². The molecule has 0 atom stereocenters. The Balaban J connectivity index is 1.66. The number of imidazole rings is 1. The van der Waals surface area contributed by atoms with Crippen molar-refractivity contribution in [3.05, 3.63) is 23.0 Å². The Bertz CT molecular complexity index is 790. The maximum atomic E-state index is 12.8. The van der Waals surface area contributed by atoms with Crippen LogP contribution in [0.3, 0.4) is 0 Å². The van der Waals surface area contributed by atoms with E-state index in [9.17, 15) is 9.59 Å². The first kappa shape index (κ1) is 17.7. The molecule has 0 saturated carbocycles. The number of rotatable bonds is 1. The molecule has 2 aromatic rings. The summed E-state index contributed by atoms with van der Waals surface area (Å²) in [5.41, 5.74) is 1.01. The fourth-order valence-corrected chi connectivity index (χ4v) is 3.64. The number of hydrogen-bond donors (Lipinski definition) is 0. The molecule has 0 spiro atoms. The quantitative estimate of drug-likeness (QED) is 0.780. The van der Waals surface area contributed by atoms with Crippen molar-refractivity contribution in [3.8, 4) is 0 Å². The van der Waals surface area contributed by atoms with E-state index in [1.165, 1.54) is 11.3 Å². The minimum atomic E-state index is -0.515. The van der Waals surface area contributed by atoms with Crippen LogP contribution >= 0.6 is 11.3 Å². The summed E-state index contributed by atoms with van der Waals surface area (Å²) >= 11 is 1.52. The standard InChI is InChI=1S/C17H24N4O3S/c1-12-11-25-15-18-13(10-21(12)15)14(22)19-6-5-7-20(9-8-19)16(23)24-17(2,3)4/h10-11H,5-9H2,1-4H3. The third kappa shape index (κ3) is 3.95. The lowest BCUT2D eigenvalue weighted by Crippen LogP contribution is -2.40. The molecule has 0 radical (unpaired) electrons. The lowest BCUT2D eigenvalue weighted by atomic mass is 10.2. The zero-order valence-electron chi connectivity index (χ0n) is 15.1. The van der Waals surface area contributed by atoms with Crippen LogP contribution in [-0.2, 0) is 4.74 Å². The van der Waals surface area contributed by atoms with Crippen LogP contribution in [0.4, 0.5) is 4.79 Å². The number of aryl methyl sites for hydroxylation is 1. The second-order valence-electron chi connectivity index (χ2n) is 7.27. The summed E-state index contributed by atoms with van der Waals surface area (Å²) in [6.45, 7) is 9.72. The second kappa shape index (κ2) is 6.67. The summed E-state index contributed by atoms with van der Waals surface area (Å²) in [5.74, 6) is -0.0821.